The number of fused-ring (bicyclic) bond motifs is 4. The third-order valence-electron chi connectivity index (χ3n) is 6.82. The highest BCUT2D eigenvalue weighted by Crippen LogP contribution is 2.44. The minimum atomic E-state index is -0.887. The zero-order chi connectivity index (χ0) is 24.4. The number of aliphatic carboxylic acids is 1. The van der Waals surface area contributed by atoms with E-state index in [1.165, 1.54) is 11.1 Å². The molecule has 2 N–H and O–H groups in total. The number of carboxylic acid groups (broad SMARTS) is 1. The second-order valence-corrected chi connectivity index (χ2v) is 9.09. The van der Waals surface area contributed by atoms with Crippen molar-refractivity contribution < 1.29 is 19.4 Å². The highest BCUT2D eigenvalue weighted by atomic mass is 16.5. The number of carbonyl (C=O) groups excluding carboxylic acids is 1. The van der Waals surface area contributed by atoms with E-state index >= 15 is 0 Å². The van der Waals surface area contributed by atoms with Gasteiger partial charge in [-0.05, 0) is 46.7 Å². The number of ether oxygens (including phenoxy) is 1. The van der Waals surface area contributed by atoms with Crippen molar-refractivity contribution in [3.8, 4) is 11.1 Å². The van der Waals surface area contributed by atoms with E-state index in [1.807, 2.05) is 66.3 Å². The number of aromatic nitrogens is 1. The lowest BCUT2D eigenvalue weighted by Crippen LogP contribution is -2.37. The number of benzene rings is 3. The molecule has 0 saturated carbocycles. The van der Waals surface area contributed by atoms with E-state index in [4.69, 9.17) is 4.74 Å². The predicted molar refractivity (Wildman–Crippen MR) is 135 cm³/mol. The average molecular weight is 469 g/mol. The molecule has 6 heteroatoms. The molecular weight excluding hydrogens is 440 g/mol. The molecule has 1 atom stereocenters. The molecule has 0 fully saturated rings. The molecule has 1 unspecified atom stereocenters. The number of carbonyl (C=O) groups is 2. The van der Waals surface area contributed by atoms with Gasteiger partial charge >= 0.3 is 12.1 Å². The lowest BCUT2D eigenvalue weighted by Gasteiger charge is -2.19. The summed E-state index contributed by atoms with van der Waals surface area (Å²) in [6.07, 6.45) is 2.33. The van der Waals surface area contributed by atoms with Gasteiger partial charge in [-0.2, -0.15) is 0 Å². The van der Waals surface area contributed by atoms with E-state index in [9.17, 15) is 14.7 Å². The Kier molecular flexibility index (Phi) is 6.27. The molecule has 0 spiro atoms. The number of para-hydroxylation sites is 1. The van der Waals surface area contributed by atoms with Gasteiger partial charge in [0.05, 0.1) is 0 Å². The molecule has 1 aromatic heterocycles. The Labute approximate surface area is 204 Å². The molecule has 0 bridgehead atoms. The minimum absolute atomic E-state index is 0.0244. The largest absolute Gasteiger partial charge is 0.481 e. The molecule has 5 rings (SSSR count). The first-order valence-electron chi connectivity index (χ1n) is 11.9. The number of rotatable bonds is 8. The summed E-state index contributed by atoms with van der Waals surface area (Å²) >= 11 is 0. The molecular formula is C29H28N2O4. The van der Waals surface area contributed by atoms with Gasteiger partial charge in [-0.25, -0.2) is 4.79 Å². The number of aryl methyl sites for hydroxylation is 1. The Bertz CT molecular complexity index is 1340. The third-order valence-corrected chi connectivity index (χ3v) is 6.82. The number of amides is 1. The summed E-state index contributed by atoms with van der Waals surface area (Å²) in [5.41, 5.74) is 6.82. The van der Waals surface area contributed by atoms with Crippen LogP contribution in [0.15, 0.2) is 79.0 Å². The zero-order valence-electron chi connectivity index (χ0n) is 19.6. The van der Waals surface area contributed by atoms with E-state index in [1.54, 1.807) is 0 Å². The second kappa shape index (κ2) is 9.66. The van der Waals surface area contributed by atoms with Gasteiger partial charge in [-0.3, -0.25) is 4.79 Å². The van der Waals surface area contributed by atoms with Crippen molar-refractivity contribution in [2.45, 2.75) is 31.2 Å². The predicted octanol–water partition coefficient (Wildman–Crippen LogP) is 5.49. The summed E-state index contributed by atoms with van der Waals surface area (Å²) in [4.78, 5) is 24.1. The summed E-state index contributed by atoms with van der Waals surface area (Å²) in [6.45, 7) is 0.222. The molecule has 1 heterocycles. The Hall–Kier alpha value is -4.06. The molecule has 0 radical (unpaired) electrons. The van der Waals surface area contributed by atoms with Gasteiger partial charge in [-0.1, -0.05) is 66.7 Å². The van der Waals surface area contributed by atoms with Crippen molar-refractivity contribution in [2.24, 2.45) is 7.05 Å². The maximum atomic E-state index is 12.9. The fraction of sp³-hybridized carbons (Fsp3) is 0.241. The van der Waals surface area contributed by atoms with Crippen LogP contribution >= 0.6 is 0 Å². The van der Waals surface area contributed by atoms with Crippen molar-refractivity contribution in [3.05, 3.63) is 95.7 Å². The fourth-order valence-electron chi connectivity index (χ4n) is 5.18. The molecule has 3 aromatic carbocycles. The molecule has 6 nitrogen and oxygen atoms in total. The van der Waals surface area contributed by atoms with Crippen LogP contribution in [0.25, 0.3) is 22.0 Å². The van der Waals surface area contributed by atoms with E-state index in [-0.39, 0.29) is 25.0 Å². The number of nitrogens with zero attached hydrogens (tertiary/aromatic N) is 1. The van der Waals surface area contributed by atoms with Gasteiger partial charge in [-0.15, -0.1) is 0 Å². The normalized spacial score (nSPS) is 13.3. The van der Waals surface area contributed by atoms with E-state index < -0.39 is 12.1 Å². The van der Waals surface area contributed by atoms with E-state index in [0.717, 1.165) is 27.6 Å². The molecule has 35 heavy (non-hydrogen) atoms. The topological polar surface area (TPSA) is 80.6 Å². The molecule has 1 aliphatic carbocycles. The first-order chi connectivity index (χ1) is 17.0. The summed E-state index contributed by atoms with van der Waals surface area (Å²) in [7, 11) is 1.98. The Morgan fingerprint density at radius 2 is 1.60 bits per heavy atom. The Morgan fingerprint density at radius 3 is 2.29 bits per heavy atom. The molecule has 1 aliphatic rings. The van der Waals surface area contributed by atoms with Crippen molar-refractivity contribution in [3.63, 3.8) is 0 Å². The summed E-state index contributed by atoms with van der Waals surface area (Å²) in [5, 5.41) is 13.3. The van der Waals surface area contributed by atoms with Crippen LogP contribution < -0.4 is 5.32 Å². The van der Waals surface area contributed by atoms with Crippen LogP contribution in [-0.4, -0.2) is 34.4 Å². The molecule has 1 amide bonds. The summed E-state index contributed by atoms with van der Waals surface area (Å²) in [5.74, 6) is -0.911. The van der Waals surface area contributed by atoms with Crippen LogP contribution in [-0.2, 0) is 23.0 Å². The smallest absolute Gasteiger partial charge is 0.407 e. The van der Waals surface area contributed by atoms with Crippen LogP contribution in [0.4, 0.5) is 4.79 Å². The standard InChI is InChI=1S/C29H28N2O4/c1-31-17-19(21-8-6-7-13-27(21)31)16-20(14-15-28(32)33)30-29(34)35-18-26-24-11-4-2-9-22(24)23-10-3-5-12-25(23)26/h2-13,17,20,26H,14-16,18H2,1H3,(H,30,34)(H,32,33). The lowest BCUT2D eigenvalue weighted by molar-refractivity contribution is -0.137. The first kappa shape index (κ1) is 22.7. The van der Waals surface area contributed by atoms with Gasteiger partial charge in [0.2, 0.25) is 0 Å². The monoisotopic (exact) mass is 468 g/mol. The summed E-state index contributed by atoms with van der Waals surface area (Å²) < 4.78 is 7.75. The van der Waals surface area contributed by atoms with Crippen LogP contribution in [0.2, 0.25) is 0 Å². The number of carboxylic acids is 1. The van der Waals surface area contributed by atoms with Crippen molar-refractivity contribution in [1.29, 1.82) is 0 Å². The van der Waals surface area contributed by atoms with Gasteiger partial charge in [0.15, 0.2) is 0 Å². The molecule has 178 valence electrons. The van der Waals surface area contributed by atoms with Gasteiger partial charge < -0.3 is 19.7 Å². The van der Waals surface area contributed by atoms with Crippen molar-refractivity contribution in [2.75, 3.05) is 6.61 Å². The van der Waals surface area contributed by atoms with E-state index in [2.05, 4.69) is 29.6 Å². The molecule has 4 aromatic rings. The highest BCUT2D eigenvalue weighted by Gasteiger charge is 2.29. The minimum Gasteiger partial charge on any atom is -0.481 e. The third kappa shape index (κ3) is 4.64. The van der Waals surface area contributed by atoms with E-state index in [0.29, 0.717) is 12.8 Å². The average Bonchev–Trinajstić information content (AvgIpc) is 3.36. The Morgan fingerprint density at radius 1 is 0.971 bits per heavy atom. The molecule has 0 saturated heterocycles. The maximum Gasteiger partial charge on any atom is 0.407 e. The van der Waals surface area contributed by atoms with Crippen LogP contribution in [0.3, 0.4) is 0 Å². The molecule has 0 aliphatic heterocycles. The van der Waals surface area contributed by atoms with Crippen molar-refractivity contribution in [1.82, 2.24) is 9.88 Å². The number of nitrogens with one attached hydrogen (secondary N) is 1. The quantitative estimate of drug-likeness (QED) is 0.358. The van der Waals surface area contributed by atoms with Crippen LogP contribution in [0.5, 0.6) is 0 Å². The SMILES string of the molecule is Cn1cc(CC(CCC(=O)O)NC(=O)OCC2c3ccccc3-c3ccccc32)c2ccccc21. The van der Waals surface area contributed by atoms with Crippen LogP contribution in [0, 0.1) is 0 Å². The van der Waals surface area contributed by atoms with Gasteiger partial charge in [0.25, 0.3) is 0 Å². The van der Waals surface area contributed by atoms with Crippen LogP contribution in [0.1, 0.15) is 35.4 Å². The number of alkyl carbamates (subject to hydrolysis) is 1. The summed E-state index contributed by atoms with van der Waals surface area (Å²) in [6, 6.07) is 24.1. The number of hydrogen-bond acceptors (Lipinski definition) is 3. The number of hydrogen-bond donors (Lipinski definition) is 2. The van der Waals surface area contributed by atoms with Gasteiger partial charge in [0, 0.05) is 42.5 Å². The first-order valence-corrected chi connectivity index (χ1v) is 11.9. The Balaban J connectivity index is 1.29. The second-order valence-electron chi connectivity index (χ2n) is 9.09. The highest BCUT2D eigenvalue weighted by molar-refractivity contribution is 5.84. The lowest BCUT2D eigenvalue weighted by atomic mass is 9.98. The van der Waals surface area contributed by atoms with Crippen molar-refractivity contribution >= 4 is 23.0 Å². The zero-order valence-corrected chi connectivity index (χ0v) is 19.6. The van der Waals surface area contributed by atoms with Gasteiger partial charge in [0.1, 0.15) is 6.61 Å². The maximum absolute atomic E-state index is 12.9. The fourth-order valence-corrected chi connectivity index (χ4v) is 5.18.